The summed E-state index contributed by atoms with van der Waals surface area (Å²) >= 11 is 3.10. The van der Waals surface area contributed by atoms with Gasteiger partial charge < -0.3 is 14.5 Å². The van der Waals surface area contributed by atoms with Crippen molar-refractivity contribution in [2.24, 2.45) is 5.92 Å². The smallest absolute Gasteiger partial charge is 0.374 e. The molecule has 0 radical (unpaired) electrons. The van der Waals surface area contributed by atoms with E-state index >= 15 is 0 Å². The zero-order chi connectivity index (χ0) is 14.5. The van der Waals surface area contributed by atoms with Gasteiger partial charge in [0, 0.05) is 6.04 Å². The minimum atomic E-state index is -0.637. The molecule has 0 aliphatic heterocycles. The first-order valence-corrected chi connectivity index (χ1v) is 7.57. The van der Waals surface area contributed by atoms with Gasteiger partial charge in [-0.05, 0) is 46.8 Å². The fraction of sp³-hybridized carbons (Fsp3) is 0.571. The van der Waals surface area contributed by atoms with Gasteiger partial charge in [-0.1, -0.05) is 19.8 Å². The second-order valence-electron chi connectivity index (χ2n) is 5.12. The van der Waals surface area contributed by atoms with Crippen LogP contribution in [-0.2, 0) is 9.53 Å². The lowest BCUT2D eigenvalue weighted by Crippen LogP contribution is -2.42. The second kappa shape index (κ2) is 6.92. The van der Waals surface area contributed by atoms with Crippen LogP contribution >= 0.6 is 15.9 Å². The molecule has 0 saturated heterocycles. The molecule has 20 heavy (non-hydrogen) atoms. The van der Waals surface area contributed by atoms with Gasteiger partial charge in [-0.15, -0.1) is 0 Å². The summed E-state index contributed by atoms with van der Waals surface area (Å²) in [6.07, 6.45) is 4.47. The first kappa shape index (κ1) is 15.1. The maximum absolute atomic E-state index is 11.8. The summed E-state index contributed by atoms with van der Waals surface area (Å²) in [5.74, 6) is -0.342. The molecule has 0 bridgehead atoms. The van der Waals surface area contributed by atoms with Crippen molar-refractivity contribution in [1.29, 1.82) is 0 Å². The van der Waals surface area contributed by atoms with Crippen molar-refractivity contribution in [3.63, 3.8) is 0 Å². The van der Waals surface area contributed by atoms with Crippen molar-refractivity contribution in [2.75, 3.05) is 6.61 Å². The standard InChI is InChI=1S/C14H18BrNO4/c1-9-4-2-3-5-10(9)16-13(17)8-19-14(18)11-6-7-12(15)20-11/h6-7,9-10H,2-5,8H2,1H3,(H,16,17)/t9-,10-/m0/s1. The molecule has 6 heteroatoms. The summed E-state index contributed by atoms with van der Waals surface area (Å²) in [6, 6.07) is 3.28. The molecule has 1 N–H and O–H groups in total. The van der Waals surface area contributed by atoms with Gasteiger partial charge in [-0.2, -0.15) is 0 Å². The van der Waals surface area contributed by atoms with E-state index in [1.165, 1.54) is 12.5 Å². The van der Waals surface area contributed by atoms with Crippen LogP contribution in [0.15, 0.2) is 21.2 Å². The van der Waals surface area contributed by atoms with Gasteiger partial charge in [0.15, 0.2) is 11.3 Å². The van der Waals surface area contributed by atoms with Gasteiger partial charge >= 0.3 is 5.97 Å². The van der Waals surface area contributed by atoms with Crippen molar-refractivity contribution in [2.45, 2.75) is 38.6 Å². The van der Waals surface area contributed by atoms with Crippen LogP contribution in [0.5, 0.6) is 0 Å². The molecule has 110 valence electrons. The van der Waals surface area contributed by atoms with Gasteiger partial charge in [0.1, 0.15) is 0 Å². The average molecular weight is 344 g/mol. The third-order valence-electron chi connectivity index (χ3n) is 3.57. The van der Waals surface area contributed by atoms with Crippen LogP contribution in [0, 0.1) is 5.92 Å². The van der Waals surface area contributed by atoms with E-state index in [0.717, 1.165) is 19.3 Å². The number of carbonyl (C=O) groups is 2. The van der Waals surface area contributed by atoms with Crippen molar-refractivity contribution < 1.29 is 18.7 Å². The van der Waals surface area contributed by atoms with Gasteiger partial charge in [0.2, 0.25) is 5.76 Å². The number of hydrogen-bond acceptors (Lipinski definition) is 4. The second-order valence-corrected chi connectivity index (χ2v) is 5.90. The number of amides is 1. The van der Waals surface area contributed by atoms with Crippen LogP contribution in [0.1, 0.15) is 43.2 Å². The van der Waals surface area contributed by atoms with Gasteiger partial charge in [0.05, 0.1) is 0 Å². The zero-order valence-corrected chi connectivity index (χ0v) is 12.9. The monoisotopic (exact) mass is 343 g/mol. The van der Waals surface area contributed by atoms with Crippen molar-refractivity contribution in [3.05, 3.63) is 22.6 Å². The molecule has 1 aliphatic carbocycles. The molecular formula is C14H18BrNO4. The van der Waals surface area contributed by atoms with E-state index in [1.807, 2.05) is 0 Å². The summed E-state index contributed by atoms with van der Waals surface area (Å²) in [6.45, 7) is 1.86. The topological polar surface area (TPSA) is 68.5 Å². The average Bonchev–Trinajstić information content (AvgIpc) is 2.85. The van der Waals surface area contributed by atoms with E-state index in [4.69, 9.17) is 9.15 Å². The molecule has 5 nitrogen and oxygen atoms in total. The predicted octanol–water partition coefficient (Wildman–Crippen LogP) is 2.89. The summed E-state index contributed by atoms with van der Waals surface area (Å²) < 4.78 is 10.4. The summed E-state index contributed by atoms with van der Waals surface area (Å²) in [4.78, 5) is 23.4. The lowest BCUT2D eigenvalue weighted by Gasteiger charge is -2.29. The van der Waals surface area contributed by atoms with Crippen LogP contribution in [0.3, 0.4) is 0 Å². The predicted molar refractivity (Wildman–Crippen MR) is 76.3 cm³/mol. The molecular weight excluding hydrogens is 326 g/mol. The summed E-state index contributed by atoms with van der Waals surface area (Å²) in [7, 11) is 0. The molecule has 1 saturated carbocycles. The number of halogens is 1. The highest BCUT2D eigenvalue weighted by molar-refractivity contribution is 9.10. The number of rotatable bonds is 4. The molecule has 1 aromatic rings. The quantitative estimate of drug-likeness (QED) is 0.853. The molecule has 0 spiro atoms. The first-order chi connectivity index (χ1) is 9.56. The Morgan fingerprint density at radius 1 is 1.40 bits per heavy atom. The van der Waals surface area contributed by atoms with E-state index in [9.17, 15) is 9.59 Å². The van der Waals surface area contributed by atoms with Crippen LogP contribution < -0.4 is 5.32 Å². The Morgan fingerprint density at radius 3 is 2.80 bits per heavy atom. The maximum atomic E-state index is 11.8. The summed E-state index contributed by atoms with van der Waals surface area (Å²) in [5.41, 5.74) is 0. The van der Waals surface area contributed by atoms with Crippen LogP contribution in [0.2, 0.25) is 0 Å². The molecule has 2 rings (SSSR count). The largest absolute Gasteiger partial charge is 0.450 e. The highest BCUT2D eigenvalue weighted by Crippen LogP contribution is 2.23. The third-order valence-corrected chi connectivity index (χ3v) is 3.99. The molecule has 1 amide bonds. The number of furan rings is 1. The van der Waals surface area contributed by atoms with E-state index in [0.29, 0.717) is 10.6 Å². The van der Waals surface area contributed by atoms with Gasteiger partial charge in [-0.25, -0.2) is 4.79 Å². The van der Waals surface area contributed by atoms with Crippen molar-refractivity contribution >= 4 is 27.8 Å². The summed E-state index contributed by atoms with van der Waals surface area (Å²) in [5, 5.41) is 2.92. The van der Waals surface area contributed by atoms with E-state index in [-0.39, 0.29) is 24.3 Å². The lowest BCUT2D eigenvalue weighted by molar-refractivity contribution is -0.125. The Bertz CT molecular complexity index is 485. The number of ether oxygens (including phenoxy) is 1. The molecule has 2 atom stereocenters. The minimum absolute atomic E-state index is 0.0794. The SMILES string of the molecule is C[C@H]1CCCC[C@@H]1NC(=O)COC(=O)c1ccc(Br)o1. The zero-order valence-electron chi connectivity index (χ0n) is 11.4. The van der Waals surface area contributed by atoms with Crippen LogP contribution in [0.25, 0.3) is 0 Å². The molecule has 1 aliphatic rings. The number of carbonyl (C=O) groups excluding carboxylic acids is 2. The third kappa shape index (κ3) is 4.10. The molecule has 1 fully saturated rings. The number of esters is 1. The van der Waals surface area contributed by atoms with Gasteiger partial charge in [-0.3, -0.25) is 4.79 Å². The Balaban J connectivity index is 1.76. The van der Waals surface area contributed by atoms with Crippen molar-refractivity contribution in [3.8, 4) is 0 Å². The molecule has 1 heterocycles. The Kier molecular flexibility index (Phi) is 5.23. The minimum Gasteiger partial charge on any atom is -0.450 e. The Labute approximate surface area is 126 Å². The first-order valence-electron chi connectivity index (χ1n) is 6.78. The maximum Gasteiger partial charge on any atom is 0.374 e. The van der Waals surface area contributed by atoms with Crippen molar-refractivity contribution in [1.82, 2.24) is 5.32 Å². The number of hydrogen-bond donors (Lipinski definition) is 1. The fourth-order valence-corrected chi connectivity index (χ4v) is 2.71. The lowest BCUT2D eigenvalue weighted by atomic mass is 9.86. The highest BCUT2D eigenvalue weighted by atomic mass is 79.9. The van der Waals surface area contributed by atoms with E-state index in [2.05, 4.69) is 28.2 Å². The highest BCUT2D eigenvalue weighted by Gasteiger charge is 2.23. The van der Waals surface area contributed by atoms with Crippen LogP contribution in [0.4, 0.5) is 0 Å². The van der Waals surface area contributed by atoms with Gasteiger partial charge in [0.25, 0.3) is 5.91 Å². The Morgan fingerprint density at radius 2 is 2.15 bits per heavy atom. The Hall–Kier alpha value is -1.30. The molecule has 0 unspecified atom stereocenters. The van der Waals surface area contributed by atoms with E-state index < -0.39 is 5.97 Å². The molecule has 1 aromatic heterocycles. The van der Waals surface area contributed by atoms with Crippen LogP contribution in [-0.4, -0.2) is 24.5 Å². The fourth-order valence-electron chi connectivity index (χ4n) is 2.41. The number of nitrogens with one attached hydrogen (secondary N) is 1. The normalized spacial score (nSPS) is 22.3. The molecule has 0 aromatic carbocycles. The van der Waals surface area contributed by atoms with E-state index in [1.54, 1.807) is 6.07 Å².